The van der Waals surface area contributed by atoms with Crippen molar-refractivity contribution < 1.29 is 14.6 Å². The van der Waals surface area contributed by atoms with E-state index in [2.05, 4.69) is 16.5 Å². The monoisotopic (exact) mass is 438 g/mol. The second kappa shape index (κ2) is 10.8. The summed E-state index contributed by atoms with van der Waals surface area (Å²) >= 11 is 6.39. The minimum atomic E-state index is -0.955. The molecular weight excluding hydrogens is 412 g/mol. The third kappa shape index (κ3) is 5.98. The molecule has 1 heterocycles. The van der Waals surface area contributed by atoms with Gasteiger partial charge in [0, 0.05) is 23.4 Å². The van der Waals surface area contributed by atoms with E-state index in [1.54, 1.807) is 19.4 Å². The molecule has 0 aliphatic rings. The molecule has 162 valence electrons. The summed E-state index contributed by atoms with van der Waals surface area (Å²) in [5, 5.41) is 10.5. The number of imidazole rings is 1. The van der Waals surface area contributed by atoms with Gasteiger partial charge < -0.3 is 14.4 Å². The van der Waals surface area contributed by atoms with E-state index in [1.807, 2.05) is 48.5 Å². The van der Waals surface area contributed by atoms with Crippen molar-refractivity contribution in [3.05, 3.63) is 88.0 Å². The molecule has 3 aromatic rings. The minimum absolute atomic E-state index is 0.286. The molecule has 0 saturated carbocycles. The molecule has 0 unspecified atom stereocenters. The smallest absolute Gasteiger partial charge is 0.331 e. The molecular formula is C25H27ClN2O3. The van der Waals surface area contributed by atoms with Crippen LogP contribution >= 0.6 is 11.6 Å². The number of hydrogen-bond acceptors (Lipinski definition) is 3. The molecule has 0 radical (unpaired) electrons. The molecule has 0 aliphatic carbocycles. The molecule has 2 aromatic carbocycles. The van der Waals surface area contributed by atoms with Crippen LogP contribution in [0, 0.1) is 0 Å². The van der Waals surface area contributed by atoms with Crippen molar-refractivity contribution in [2.75, 3.05) is 7.11 Å². The molecule has 0 saturated heterocycles. The molecule has 6 heteroatoms. The number of hydrogen-bond donors (Lipinski definition) is 1. The molecule has 1 aromatic heterocycles. The number of halogens is 1. The van der Waals surface area contributed by atoms with Crippen LogP contribution in [0.4, 0.5) is 0 Å². The van der Waals surface area contributed by atoms with Crippen molar-refractivity contribution in [2.24, 2.45) is 0 Å². The van der Waals surface area contributed by atoms with Gasteiger partial charge in [-0.3, -0.25) is 0 Å². The number of carboxylic acid groups (broad SMARTS) is 1. The van der Waals surface area contributed by atoms with Crippen LogP contribution < -0.4 is 4.74 Å². The molecule has 1 N–H and O–H groups in total. The summed E-state index contributed by atoms with van der Waals surface area (Å²) < 4.78 is 7.32. The quantitative estimate of drug-likeness (QED) is 0.415. The highest BCUT2D eigenvalue weighted by atomic mass is 35.5. The maximum Gasteiger partial charge on any atom is 0.331 e. The van der Waals surface area contributed by atoms with E-state index in [9.17, 15) is 9.90 Å². The number of carbonyl (C=O) groups is 1. The van der Waals surface area contributed by atoms with E-state index < -0.39 is 5.97 Å². The van der Waals surface area contributed by atoms with Crippen LogP contribution in [0.1, 0.15) is 42.4 Å². The van der Waals surface area contributed by atoms with E-state index in [-0.39, 0.29) is 12.0 Å². The van der Waals surface area contributed by atoms with Crippen LogP contribution in [0.5, 0.6) is 5.75 Å². The molecule has 0 aliphatic heterocycles. The van der Waals surface area contributed by atoms with Crippen molar-refractivity contribution in [2.45, 2.75) is 39.2 Å². The molecule has 5 nitrogen and oxygen atoms in total. The molecule has 0 bridgehead atoms. The van der Waals surface area contributed by atoms with Gasteiger partial charge in [-0.05, 0) is 41.8 Å². The van der Waals surface area contributed by atoms with E-state index in [0.29, 0.717) is 17.3 Å². The highest BCUT2D eigenvalue weighted by Crippen LogP contribution is 2.22. The average Bonchev–Trinajstić information content (AvgIpc) is 3.14. The second-order valence-corrected chi connectivity index (χ2v) is 7.79. The Morgan fingerprint density at radius 2 is 2.03 bits per heavy atom. The number of benzene rings is 2. The Bertz CT molecular complexity index is 1070. The van der Waals surface area contributed by atoms with Crippen LogP contribution in [0.2, 0.25) is 5.02 Å². The standard InChI is InChI=1S/C25H27ClN2O3/c1-3-4-12-24-27-16-21(28(24)17-19-9-5-6-11-23(19)26)15-20(25(29)30)13-18-8-7-10-22(14-18)31-2/h5-11,14-16H,3-4,12-13,17H2,1-2H3,(H,29,30). The number of ether oxygens (including phenoxy) is 1. The molecule has 0 amide bonds. The number of aromatic nitrogens is 2. The Morgan fingerprint density at radius 3 is 2.74 bits per heavy atom. The highest BCUT2D eigenvalue weighted by Gasteiger charge is 2.15. The molecule has 31 heavy (non-hydrogen) atoms. The predicted molar refractivity (Wildman–Crippen MR) is 124 cm³/mol. The number of nitrogens with zero attached hydrogens (tertiary/aromatic N) is 2. The predicted octanol–water partition coefficient (Wildman–Crippen LogP) is 5.65. The van der Waals surface area contributed by atoms with Gasteiger partial charge in [-0.25, -0.2) is 9.78 Å². The van der Waals surface area contributed by atoms with Gasteiger partial charge in [-0.15, -0.1) is 0 Å². The third-order valence-corrected chi connectivity index (χ3v) is 5.50. The third-order valence-electron chi connectivity index (χ3n) is 5.13. The van der Waals surface area contributed by atoms with E-state index in [0.717, 1.165) is 41.9 Å². The summed E-state index contributed by atoms with van der Waals surface area (Å²) in [6.45, 7) is 2.68. The van der Waals surface area contributed by atoms with Gasteiger partial charge in [0.1, 0.15) is 11.6 Å². The maximum absolute atomic E-state index is 12.0. The number of rotatable bonds is 10. The summed E-state index contributed by atoms with van der Waals surface area (Å²) in [6, 6.07) is 15.1. The summed E-state index contributed by atoms with van der Waals surface area (Å²) in [7, 11) is 1.60. The van der Waals surface area contributed by atoms with Crippen LogP contribution in [-0.4, -0.2) is 27.7 Å². The lowest BCUT2D eigenvalue weighted by Crippen LogP contribution is -2.09. The first-order valence-corrected chi connectivity index (χ1v) is 10.7. The van der Waals surface area contributed by atoms with E-state index in [1.165, 1.54) is 0 Å². The SMILES string of the molecule is CCCCc1ncc(C=C(Cc2cccc(OC)c2)C(=O)O)n1Cc1ccccc1Cl. The number of aryl methyl sites for hydroxylation is 1. The Labute approximate surface area is 188 Å². The van der Waals surface area contributed by atoms with Crippen molar-refractivity contribution >= 4 is 23.6 Å². The normalized spacial score (nSPS) is 11.5. The van der Waals surface area contributed by atoms with E-state index in [4.69, 9.17) is 16.3 Å². The number of unbranched alkanes of at least 4 members (excludes halogenated alkanes) is 1. The topological polar surface area (TPSA) is 64.3 Å². The Morgan fingerprint density at radius 1 is 1.23 bits per heavy atom. The Balaban J connectivity index is 1.98. The fraction of sp³-hybridized carbons (Fsp3) is 0.280. The van der Waals surface area contributed by atoms with Gasteiger partial charge in [0.25, 0.3) is 0 Å². The lowest BCUT2D eigenvalue weighted by atomic mass is 10.0. The van der Waals surface area contributed by atoms with Crippen LogP contribution in [0.3, 0.4) is 0 Å². The van der Waals surface area contributed by atoms with Gasteiger partial charge in [0.05, 0.1) is 25.5 Å². The van der Waals surface area contributed by atoms with Crippen LogP contribution in [0.25, 0.3) is 6.08 Å². The summed E-state index contributed by atoms with van der Waals surface area (Å²) in [5.74, 6) is 0.676. The lowest BCUT2D eigenvalue weighted by Gasteiger charge is -2.13. The Hall–Kier alpha value is -3.05. The fourth-order valence-electron chi connectivity index (χ4n) is 3.43. The van der Waals surface area contributed by atoms with E-state index >= 15 is 0 Å². The Kier molecular flexibility index (Phi) is 7.90. The first kappa shape index (κ1) is 22.6. The van der Waals surface area contributed by atoms with Gasteiger partial charge in [-0.2, -0.15) is 0 Å². The van der Waals surface area contributed by atoms with Crippen molar-refractivity contribution in [3.8, 4) is 5.75 Å². The maximum atomic E-state index is 12.0. The highest BCUT2D eigenvalue weighted by molar-refractivity contribution is 6.31. The average molecular weight is 439 g/mol. The zero-order chi connectivity index (χ0) is 22.2. The summed E-state index contributed by atoms with van der Waals surface area (Å²) in [4.78, 5) is 16.6. The zero-order valence-corrected chi connectivity index (χ0v) is 18.6. The molecule has 0 atom stereocenters. The second-order valence-electron chi connectivity index (χ2n) is 7.38. The first-order chi connectivity index (χ1) is 15.0. The molecule has 0 spiro atoms. The van der Waals surface area contributed by atoms with Gasteiger partial charge in [0.2, 0.25) is 0 Å². The zero-order valence-electron chi connectivity index (χ0n) is 17.8. The lowest BCUT2D eigenvalue weighted by molar-refractivity contribution is -0.132. The minimum Gasteiger partial charge on any atom is -0.497 e. The first-order valence-electron chi connectivity index (χ1n) is 10.4. The molecule has 3 rings (SSSR count). The van der Waals surface area contributed by atoms with Crippen LogP contribution in [0.15, 0.2) is 60.3 Å². The molecule has 0 fully saturated rings. The van der Waals surface area contributed by atoms with Crippen molar-refractivity contribution in [1.82, 2.24) is 9.55 Å². The fourth-order valence-corrected chi connectivity index (χ4v) is 3.62. The summed E-state index contributed by atoms with van der Waals surface area (Å²) in [6.07, 6.45) is 6.64. The number of carboxylic acids is 1. The number of aliphatic carboxylic acids is 1. The van der Waals surface area contributed by atoms with Crippen LogP contribution in [-0.2, 0) is 24.2 Å². The van der Waals surface area contributed by atoms with Crippen molar-refractivity contribution in [3.63, 3.8) is 0 Å². The van der Waals surface area contributed by atoms with Gasteiger partial charge in [0.15, 0.2) is 0 Å². The van der Waals surface area contributed by atoms with Crippen molar-refractivity contribution in [1.29, 1.82) is 0 Å². The van der Waals surface area contributed by atoms with Gasteiger partial charge in [-0.1, -0.05) is 55.3 Å². The number of methoxy groups -OCH3 is 1. The largest absolute Gasteiger partial charge is 0.497 e. The van der Waals surface area contributed by atoms with Gasteiger partial charge >= 0.3 is 5.97 Å². The summed E-state index contributed by atoms with van der Waals surface area (Å²) in [5.41, 5.74) is 2.89.